The van der Waals surface area contributed by atoms with Crippen molar-refractivity contribution in [1.82, 2.24) is 4.90 Å². The molecule has 0 fully saturated rings. The molecule has 0 radical (unpaired) electrons. The zero-order valence-corrected chi connectivity index (χ0v) is 12.7. The number of rotatable bonds is 9. The molecule has 20 heavy (non-hydrogen) atoms. The number of benzene rings is 1. The molecule has 0 aliphatic rings. The van der Waals surface area contributed by atoms with Gasteiger partial charge in [0.1, 0.15) is 5.82 Å². The molecule has 1 rings (SSSR count). The van der Waals surface area contributed by atoms with Crippen molar-refractivity contribution in [2.24, 2.45) is 5.73 Å². The molecule has 2 N–H and O–H groups in total. The van der Waals surface area contributed by atoms with Gasteiger partial charge in [0.25, 0.3) is 0 Å². The molecule has 0 aliphatic heterocycles. The van der Waals surface area contributed by atoms with Gasteiger partial charge >= 0.3 is 0 Å². The molecule has 0 spiro atoms. The predicted molar refractivity (Wildman–Crippen MR) is 78.5 cm³/mol. The molecule has 0 saturated heterocycles. The first-order chi connectivity index (χ1) is 9.65. The molecule has 0 aromatic heterocycles. The summed E-state index contributed by atoms with van der Waals surface area (Å²) in [6, 6.07) is 4.36. The summed E-state index contributed by atoms with van der Waals surface area (Å²) < 4.78 is 24.2. The Labute approximate surface area is 124 Å². The van der Waals surface area contributed by atoms with Crippen molar-refractivity contribution in [3.8, 4) is 0 Å². The van der Waals surface area contributed by atoms with E-state index < -0.39 is 0 Å². The Hall–Kier alpha value is -0.720. The van der Waals surface area contributed by atoms with Crippen LogP contribution in [-0.4, -0.2) is 52.0 Å². The highest BCUT2D eigenvalue weighted by Gasteiger charge is 2.24. The zero-order chi connectivity index (χ0) is 15.0. The van der Waals surface area contributed by atoms with Gasteiger partial charge in [0.2, 0.25) is 0 Å². The Balaban J connectivity index is 2.98. The van der Waals surface area contributed by atoms with Crippen LogP contribution < -0.4 is 5.73 Å². The Morgan fingerprint density at radius 1 is 1.25 bits per heavy atom. The van der Waals surface area contributed by atoms with E-state index in [1.165, 1.54) is 6.07 Å². The zero-order valence-electron chi connectivity index (χ0n) is 11.9. The Morgan fingerprint density at radius 3 is 2.30 bits per heavy atom. The highest BCUT2D eigenvalue weighted by atomic mass is 35.5. The molecule has 1 unspecified atom stereocenters. The molecule has 6 heteroatoms. The van der Waals surface area contributed by atoms with Crippen LogP contribution in [0.2, 0.25) is 5.02 Å². The third-order valence-electron chi connectivity index (χ3n) is 3.16. The fraction of sp³-hybridized carbons (Fsp3) is 0.571. The summed E-state index contributed by atoms with van der Waals surface area (Å²) in [6.07, 6.45) is 0. The number of ether oxygens (including phenoxy) is 2. The molecule has 0 heterocycles. The van der Waals surface area contributed by atoms with Crippen molar-refractivity contribution in [3.63, 3.8) is 0 Å². The molecule has 4 nitrogen and oxygen atoms in total. The van der Waals surface area contributed by atoms with E-state index in [0.29, 0.717) is 36.9 Å². The molecule has 0 saturated carbocycles. The minimum Gasteiger partial charge on any atom is -0.383 e. The maximum absolute atomic E-state index is 14.1. The van der Waals surface area contributed by atoms with E-state index in [-0.39, 0.29) is 18.4 Å². The molecule has 1 aromatic carbocycles. The fourth-order valence-electron chi connectivity index (χ4n) is 2.12. The van der Waals surface area contributed by atoms with Gasteiger partial charge in [0.15, 0.2) is 0 Å². The van der Waals surface area contributed by atoms with Crippen LogP contribution in [0.3, 0.4) is 0 Å². The van der Waals surface area contributed by atoms with Crippen LogP contribution in [0.1, 0.15) is 11.6 Å². The second-order valence-electron chi connectivity index (χ2n) is 4.41. The lowest BCUT2D eigenvalue weighted by atomic mass is 10.0. The lowest BCUT2D eigenvalue weighted by molar-refractivity contribution is 0.0880. The summed E-state index contributed by atoms with van der Waals surface area (Å²) in [5, 5.41) is 0.389. The van der Waals surface area contributed by atoms with Crippen molar-refractivity contribution < 1.29 is 13.9 Å². The van der Waals surface area contributed by atoms with Crippen molar-refractivity contribution in [2.45, 2.75) is 6.04 Å². The number of halogens is 2. The number of methoxy groups -OCH3 is 2. The Kier molecular flexibility index (Phi) is 8.02. The third-order valence-corrected chi connectivity index (χ3v) is 3.49. The van der Waals surface area contributed by atoms with Crippen molar-refractivity contribution in [1.29, 1.82) is 0 Å². The van der Waals surface area contributed by atoms with Gasteiger partial charge in [-0.25, -0.2) is 4.39 Å². The van der Waals surface area contributed by atoms with Gasteiger partial charge in [-0.1, -0.05) is 17.7 Å². The second-order valence-corrected chi connectivity index (χ2v) is 4.82. The lowest BCUT2D eigenvalue weighted by Gasteiger charge is -2.31. The van der Waals surface area contributed by atoms with E-state index in [2.05, 4.69) is 0 Å². The van der Waals surface area contributed by atoms with Crippen molar-refractivity contribution in [3.05, 3.63) is 34.6 Å². The summed E-state index contributed by atoms with van der Waals surface area (Å²) in [6.45, 7) is 2.60. The molecule has 114 valence electrons. The normalized spacial score (nSPS) is 12.9. The molecule has 0 amide bonds. The van der Waals surface area contributed by atoms with Crippen LogP contribution in [-0.2, 0) is 9.47 Å². The fourth-order valence-corrected chi connectivity index (χ4v) is 2.41. The van der Waals surface area contributed by atoms with Gasteiger partial charge in [0.05, 0.1) is 19.3 Å². The summed E-state index contributed by atoms with van der Waals surface area (Å²) in [4.78, 5) is 2.03. The van der Waals surface area contributed by atoms with E-state index >= 15 is 0 Å². The van der Waals surface area contributed by atoms with Gasteiger partial charge in [-0.3, -0.25) is 4.90 Å². The van der Waals surface area contributed by atoms with E-state index in [0.717, 1.165) is 0 Å². The Bertz CT molecular complexity index is 379. The van der Waals surface area contributed by atoms with Crippen LogP contribution in [0, 0.1) is 5.82 Å². The number of hydrogen-bond donors (Lipinski definition) is 1. The van der Waals surface area contributed by atoms with Gasteiger partial charge in [-0.2, -0.15) is 0 Å². The Morgan fingerprint density at radius 2 is 1.85 bits per heavy atom. The summed E-state index contributed by atoms with van der Waals surface area (Å²) in [7, 11) is 3.25. The topological polar surface area (TPSA) is 47.7 Å². The number of nitrogens with two attached hydrogens (primary N) is 1. The molecular weight excluding hydrogens is 283 g/mol. The van der Waals surface area contributed by atoms with E-state index in [9.17, 15) is 4.39 Å². The smallest absolute Gasteiger partial charge is 0.129 e. The first kappa shape index (κ1) is 17.3. The van der Waals surface area contributed by atoms with E-state index in [1.807, 2.05) is 4.90 Å². The predicted octanol–water partition coefficient (Wildman–Crippen LogP) is 2.07. The van der Waals surface area contributed by atoms with E-state index in [1.54, 1.807) is 26.4 Å². The second kappa shape index (κ2) is 9.26. The first-order valence-corrected chi connectivity index (χ1v) is 6.89. The molecule has 0 aliphatic carbocycles. The quantitative estimate of drug-likeness (QED) is 0.759. The highest BCUT2D eigenvalue weighted by molar-refractivity contribution is 6.31. The number of hydrogen-bond acceptors (Lipinski definition) is 4. The minimum atomic E-state index is -0.340. The molecular formula is C14H22ClFN2O2. The monoisotopic (exact) mass is 304 g/mol. The van der Waals surface area contributed by atoms with Crippen molar-refractivity contribution >= 4 is 11.6 Å². The SMILES string of the molecule is COCCN(CCOC)C(CN)c1c(F)cccc1Cl. The van der Waals surface area contributed by atoms with Crippen LogP contribution in [0.5, 0.6) is 0 Å². The van der Waals surface area contributed by atoms with Gasteiger partial charge in [-0.15, -0.1) is 0 Å². The van der Waals surface area contributed by atoms with Crippen LogP contribution >= 0.6 is 11.6 Å². The molecule has 1 aromatic rings. The van der Waals surface area contributed by atoms with Crippen LogP contribution in [0.4, 0.5) is 4.39 Å². The summed E-state index contributed by atoms with van der Waals surface area (Å²) in [5.74, 6) is -0.340. The summed E-state index contributed by atoms with van der Waals surface area (Å²) in [5.41, 5.74) is 6.27. The third kappa shape index (κ3) is 4.68. The van der Waals surface area contributed by atoms with Crippen LogP contribution in [0.15, 0.2) is 18.2 Å². The van der Waals surface area contributed by atoms with Gasteiger partial charge in [-0.05, 0) is 12.1 Å². The maximum atomic E-state index is 14.1. The largest absolute Gasteiger partial charge is 0.383 e. The van der Waals surface area contributed by atoms with Gasteiger partial charge in [0, 0.05) is 44.4 Å². The lowest BCUT2D eigenvalue weighted by Crippen LogP contribution is -2.38. The van der Waals surface area contributed by atoms with E-state index in [4.69, 9.17) is 26.8 Å². The average Bonchev–Trinajstić information content (AvgIpc) is 2.44. The average molecular weight is 305 g/mol. The van der Waals surface area contributed by atoms with Crippen molar-refractivity contribution in [2.75, 3.05) is 47.1 Å². The standard InChI is InChI=1S/C14H22ClFN2O2/c1-19-8-6-18(7-9-20-2)13(10-17)14-11(15)4-3-5-12(14)16/h3-5,13H,6-10,17H2,1-2H3. The molecule has 0 bridgehead atoms. The number of nitrogens with zero attached hydrogens (tertiary/aromatic N) is 1. The highest BCUT2D eigenvalue weighted by Crippen LogP contribution is 2.29. The summed E-state index contributed by atoms with van der Waals surface area (Å²) >= 11 is 6.13. The minimum absolute atomic E-state index is 0.272. The maximum Gasteiger partial charge on any atom is 0.129 e. The van der Waals surface area contributed by atoms with Gasteiger partial charge < -0.3 is 15.2 Å². The van der Waals surface area contributed by atoms with Crippen LogP contribution in [0.25, 0.3) is 0 Å². The molecule has 1 atom stereocenters. The first-order valence-electron chi connectivity index (χ1n) is 6.51.